The lowest BCUT2D eigenvalue weighted by molar-refractivity contribution is 0.0151. The fourth-order valence-electron chi connectivity index (χ4n) is 2.00. The van der Waals surface area contributed by atoms with Crippen LogP contribution in [0, 0.1) is 6.92 Å². The second-order valence-electron chi connectivity index (χ2n) is 4.47. The van der Waals surface area contributed by atoms with Gasteiger partial charge in [-0.3, -0.25) is 0 Å². The van der Waals surface area contributed by atoms with Crippen molar-refractivity contribution in [3.63, 3.8) is 0 Å². The minimum absolute atomic E-state index is 0.000780. The molecule has 7 heteroatoms. The van der Waals surface area contributed by atoms with E-state index in [1.807, 2.05) is 6.92 Å². The van der Waals surface area contributed by atoms with Gasteiger partial charge in [-0.2, -0.15) is 4.98 Å². The summed E-state index contributed by atoms with van der Waals surface area (Å²) in [4.78, 5) is 19.9. The summed E-state index contributed by atoms with van der Waals surface area (Å²) >= 11 is 0. The first-order valence-electron chi connectivity index (χ1n) is 6.21. The summed E-state index contributed by atoms with van der Waals surface area (Å²) in [7, 11) is 0. The Bertz CT molecular complexity index is 604. The molecule has 0 N–H and O–H groups in total. The number of hydrogen-bond donors (Lipinski definition) is 0. The maximum Gasteiger partial charge on any atom is 0.378 e. The van der Waals surface area contributed by atoms with Crippen molar-refractivity contribution < 1.29 is 14.3 Å². The van der Waals surface area contributed by atoms with Crippen molar-refractivity contribution in [3.8, 4) is 0 Å². The van der Waals surface area contributed by atoms with Gasteiger partial charge < -0.3 is 9.47 Å². The topological polar surface area (TPSA) is 78.6 Å². The number of ether oxygens (including phenoxy) is 2. The molecule has 100 valence electrons. The zero-order valence-electron chi connectivity index (χ0n) is 10.6. The Balaban J connectivity index is 1.72. The van der Waals surface area contributed by atoms with Gasteiger partial charge in [-0.1, -0.05) is 0 Å². The van der Waals surface area contributed by atoms with Crippen molar-refractivity contribution in [2.24, 2.45) is 0 Å². The SMILES string of the molecule is Cc1ccnc2nc(C(=O)OC[C@@H]3CCCO3)nn12. The van der Waals surface area contributed by atoms with Gasteiger partial charge in [0, 0.05) is 18.5 Å². The highest BCUT2D eigenvalue weighted by atomic mass is 16.6. The lowest BCUT2D eigenvalue weighted by Gasteiger charge is -2.08. The Hall–Kier alpha value is -2.02. The van der Waals surface area contributed by atoms with Crippen molar-refractivity contribution in [2.45, 2.75) is 25.9 Å². The monoisotopic (exact) mass is 262 g/mol. The highest BCUT2D eigenvalue weighted by Gasteiger charge is 2.20. The summed E-state index contributed by atoms with van der Waals surface area (Å²) in [5.74, 6) is -0.121. The van der Waals surface area contributed by atoms with E-state index in [0.717, 1.165) is 25.1 Å². The van der Waals surface area contributed by atoms with Crippen LogP contribution in [0.15, 0.2) is 12.3 Å². The van der Waals surface area contributed by atoms with Crippen LogP contribution in [-0.4, -0.2) is 44.9 Å². The molecular formula is C12H14N4O3. The third kappa shape index (κ3) is 2.41. The third-order valence-corrected chi connectivity index (χ3v) is 3.04. The molecular weight excluding hydrogens is 248 g/mol. The van der Waals surface area contributed by atoms with Gasteiger partial charge >= 0.3 is 5.97 Å². The quantitative estimate of drug-likeness (QED) is 0.760. The molecule has 7 nitrogen and oxygen atoms in total. The second-order valence-corrected chi connectivity index (χ2v) is 4.47. The minimum Gasteiger partial charge on any atom is -0.457 e. The Kier molecular flexibility index (Phi) is 3.12. The largest absolute Gasteiger partial charge is 0.457 e. The number of hydrogen-bond acceptors (Lipinski definition) is 6. The molecule has 1 aliphatic rings. The van der Waals surface area contributed by atoms with E-state index in [-0.39, 0.29) is 18.5 Å². The third-order valence-electron chi connectivity index (χ3n) is 3.04. The van der Waals surface area contributed by atoms with Crippen LogP contribution in [0.25, 0.3) is 5.78 Å². The van der Waals surface area contributed by atoms with Crippen LogP contribution in [0.3, 0.4) is 0 Å². The van der Waals surface area contributed by atoms with Gasteiger partial charge in [0.05, 0.1) is 6.10 Å². The molecule has 3 rings (SSSR count). The maximum absolute atomic E-state index is 11.8. The van der Waals surface area contributed by atoms with E-state index in [4.69, 9.17) is 9.47 Å². The number of carbonyl (C=O) groups excluding carboxylic acids is 1. The van der Waals surface area contributed by atoms with Gasteiger partial charge in [-0.25, -0.2) is 14.3 Å². The molecule has 0 spiro atoms. The van der Waals surface area contributed by atoms with Gasteiger partial charge in [-0.05, 0) is 25.8 Å². The Morgan fingerprint density at radius 1 is 1.63 bits per heavy atom. The van der Waals surface area contributed by atoms with Crippen LogP contribution in [0.4, 0.5) is 0 Å². The second kappa shape index (κ2) is 4.93. The van der Waals surface area contributed by atoms with E-state index in [1.165, 1.54) is 4.52 Å². The molecule has 3 heterocycles. The van der Waals surface area contributed by atoms with Gasteiger partial charge in [0.2, 0.25) is 0 Å². The number of esters is 1. The van der Waals surface area contributed by atoms with Crippen LogP contribution in [0.2, 0.25) is 0 Å². The van der Waals surface area contributed by atoms with E-state index in [0.29, 0.717) is 5.78 Å². The molecule has 1 atom stereocenters. The highest BCUT2D eigenvalue weighted by Crippen LogP contribution is 2.12. The van der Waals surface area contributed by atoms with Crippen molar-refractivity contribution in [2.75, 3.05) is 13.2 Å². The molecule has 0 radical (unpaired) electrons. The number of carbonyl (C=O) groups is 1. The molecule has 0 bridgehead atoms. The number of aromatic nitrogens is 4. The molecule has 0 aliphatic carbocycles. The van der Waals surface area contributed by atoms with Crippen LogP contribution in [0.5, 0.6) is 0 Å². The standard InChI is InChI=1S/C12H14N4O3/c1-8-4-5-13-12-14-10(15-16(8)12)11(17)19-7-9-3-2-6-18-9/h4-5,9H,2-3,6-7H2,1H3/t9-/m0/s1. The van der Waals surface area contributed by atoms with Crippen LogP contribution >= 0.6 is 0 Å². The lowest BCUT2D eigenvalue weighted by Crippen LogP contribution is -2.18. The van der Waals surface area contributed by atoms with Crippen molar-refractivity contribution >= 4 is 11.7 Å². The Labute approximate surface area is 109 Å². The minimum atomic E-state index is -0.541. The Morgan fingerprint density at radius 3 is 3.26 bits per heavy atom. The van der Waals surface area contributed by atoms with E-state index in [2.05, 4.69) is 15.1 Å². The fourth-order valence-corrected chi connectivity index (χ4v) is 2.00. The predicted molar refractivity (Wildman–Crippen MR) is 64.8 cm³/mol. The smallest absolute Gasteiger partial charge is 0.378 e. The lowest BCUT2D eigenvalue weighted by atomic mass is 10.2. The molecule has 0 amide bonds. The van der Waals surface area contributed by atoms with E-state index < -0.39 is 5.97 Å². The first-order valence-corrected chi connectivity index (χ1v) is 6.21. The average molecular weight is 262 g/mol. The number of fused-ring (bicyclic) bond motifs is 1. The molecule has 1 fully saturated rings. The van der Waals surface area contributed by atoms with Crippen LogP contribution in [0.1, 0.15) is 29.2 Å². The molecule has 0 unspecified atom stereocenters. The first-order chi connectivity index (χ1) is 9.24. The average Bonchev–Trinajstić information content (AvgIpc) is 3.05. The van der Waals surface area contributed by atoms with Gasteiger partial charge in [-0.15, -0.1) is 5.10 Å². The van der Waals surface area contributed by atoms with Crippen LogP contribution < -0.4 is 0 Å². The summed E-state index contributed by atoms with van der Waals surface area (Å²) in [6.07, 6.45) is 3.56. The molecule has 0 aromatic carbocycles. The summed E-state index contributed by atoms with van der Waals surface area (Å²) in [5, 5.41) is 4.09. The van der Waals surface area contributed by atoms with E-state index in [9.17, 15) is 4.79 Å². The molecule has 2 aromatic rings. The highest BCUT2D eigenvalue weighted by molar-refractivity contribution is 5.85. The van der Waals surface area contributed by atoms with Crippen molar-refractivity contribution in [1.29, 1.82) is 0 Å². The number of nitrogens with zero attached hydrogens (tertiary/aromatic N) is 4. The summed E-state index contributed by atoms with van der Waals surface area (Å²) < 4.78 is 12.0. The van der Waals surface area contributed by atoms with Gasteiger partial charge in [0.1, 0.15) is 6.61 Å². The Morgan fingerprint density at radius 2 is 2.53 bits per heavy atom. The van der Waals surface area contributed by atoms with Crippen LogP contribution in [-0.2, 0) is 9.47 Å². The zero-order valence-corrected chi connectivity index (χ0v) is 10.6. The summed E-state index contributed by atoms with van der Waals surface area (Å²) in [6, 6.07) is 1.79. The van der Waals surface area contributed by atoms with Gasteiger partial charge in [0.15, 0.2) is 0 Å². The van der Waals surface area contributed by atoms with Gasteiger partial charge in [0.25, 0.3) is 11.6 Å². The molecule has 1 saturated heterocycles. The zero-order chi connectivity index (χ0) is 13.2. The first kappa shape index (κ1) is 12.0. The molecule has 1 aliphatic heterocycles. The summed E-state index contributed by atoms with van der Waals surface area (Å²) in [6.45, 7) is 2.85. The molecule has 19 heavy (non-hydrogen) atoms. The van der Waals surface area contributed by atoms with E-state index in [1.54, 1.807) is 12.3 Å². The summed E-state index contributed by atoms with van der Waals surface area (Å²) in [5.41, 5.74) is 0.857. The maximum atomic E-state index is 11.8. The van der Waals surface area contributed by atoms with E-state index >= 15 is 0 Å². The van der Waals surface area contributed by atoms with Crippen molar-refractivity contribution in [1.82, 2.24) is 19.6 Å². The predicted octanol–water partition coefficient (Wildman–Crippen LogP) is 0.769. The molecule has 0 saturated carbocycles. The number of rotatable bonds is 3. The number of aryl methyl sites for hydroxylation is 1. The van der Waals surface area contributed by atoms with Crippen molar-refractivity contribution in [3.05, 3.63) is 23.8 Å². The normalized spacial score (nSPS) is 18.9. The molecule has 2 aromatic heterocycles. The fraction of sp³-hybridized carbons (Fsp3) is 0.500.